The summed E-state index contributed by atoms with van der Waals surface area (Å²) in [5.41, 5.74) is 4.82. The number of anilines is 1. The number of carboxylic acids is 1. The second-order valence-corrected chi connectivity index (χ2v) is 11.8. The molecule has 3 N–H and O–H groups in total. The molecule has 0 bridgehead atoms. The number of likely N-dealkylation sites (N-methyl/N-ethyl adjacent to an activating group) is 1. The predicted molar refractivity (Wildman–Crippen MR) is 179 cm³/mol. The zero-order chi connectivity index (χ0) is 33.8. The fraction of sp³-hybridized carbons (Fsp3) is 0.257. The first kappa shape index (κ1) is 32.6. The number of amides is 1. The third-order valence-corrected chi connectivity index (χ3v) is 8.46. The van der Waals surface area contributed by atoms with Gasteiger partial charge < -0.3 is 20.3 Å². The van der Waals surface area contributed by atoms with E-state index >= 15 is 0 Å². The van der Waals surface area contributed by atoms with E-state index in [4.69, 9.17) is 5.11 Å². The lowest BCUT2D eigenvalue weighted by atomic mass is 9.90. The van der Waals surface area contributed by atoms with E-state index in [0.29, 0.717) is 34.2 Å². The Balaban J connectivity index is 1.52. The maximum Gasteiger partial charge on any atom is 0.303 e. The Hall–Kier alpha value is -5.78. The van der Waals surface area contributed by atoms with Crippen LogP contribution in [-0.4, -0.2) is 48.6 Å². The van der Waals surface area contributed by atoms with Gasteiger partial charge in [0.05, 0.1) is 10.6 Å². The largest absolute Gasteiger partial charge is 0.481 e. The second-order valence-electron chi connectivity index (χ2n) is 11.8. The maximum atomic E-state index is 14.4. The van der Waals surface area contributed by atoms with E-state index in [2.05, 4.69) is 15.4 Å². The van der Waals surface area contributed by atoms with Crippen LogP contribution in [0.5, 0.6) is 0 Å². The van der Waals surface area contributed by atoms with Gasteiger partial charge in [0.2, 0.25) is 5.91 Å². The smallest absolute Gasteiger partial charge is 0.303 e. The highest BCUT2D eigenvalue weighted by atomic mass is 16.6. The molecule has 3 aromatic carbocycles. The zero-order valence-corrected chi connectivity index (χ0v) is 26.6. The third-order valence-electron chi connectivity index (χ3n) is 8.46. The van der Waals surface area contributed by atoms with Gasteiger partial charge in [0, 0.05) is 68.2 Å². The molecule has 0 aliphatic rings. The number of aromatic amines is 1. The van der Waals surface area contributed by atoms with Gasteiger partial charge in [-0.05, 0) is 77.2 Å². The van der Waals surface area contributed by atoms with Crippen molar-refractivity contribution in [1.82, 2.24) is 19.7 Å². The number of carboxylic acid groups (broad SMARTS) is 1. The fourth-order valence-electron chi connectivity index (χ4n) is 5.92. The van der Waals surface area contributed by atoms with E-state index in [1.54, 1.807) is 67.6 Å². The molecule has 0 fully saturated rings. The quantitative estimate of drug-likeness (QED) is 0.112. The van der Waals surface area contributed by atoms with Crippen LogP contribution in [0.25, 0.3) is 22.0 Å². The van der Waals surface area contributed by atoms with Gasteiger partial charge in [0.15, 0.2) is 0 Å². The number of nitro benzene ring substituents is 1. The normalized spacial score (nSPS) is 12.4. The van der Waals surface area contributed by atoms with Crippen LogP contribution in [0.3, 0.4) is 0 Å². The Morgan fingerprint density at radius 1 is 1.11 bits per heavy atom. The summed E-state index contributed by atoms with van der Waals surface area (Å²) in [6, 6.07) is 18.3. The molecular formula is C35H36N6O6. The summed E-state index contributed by atoms with van der Waals surface area (Å²) in [4.78, 5) is 53.5. The Morgan fingerprint density at radius 3 is 2.57 bits per heavy atom. The number of pyridine rings is 1. The van der Waals surface area contributed by atoms with Gasteiger partial charge in [0.25, 0.3) is 11.2 Å². The van der Waals surface area contributed by atoms with Crippen molar-refractivity contribution in [2.75, 3.05) is 12.4 Å². The zero-order valence-electron chi connectivity index (χ0n) is 26.6. The maximum absolute atomic E-state index is 14.4. The molecule has 0 aliphatic heterocycles. The number of aliphatic carboxylic acids is 1. The van der Waals surface area contributed by atoms with E-state index in [1.165, 1.54) is 17.0 Å². The average molecular weight is 637 g/mol. The van der Waals surface area contributed by atoms with Crippen LogP contribution >= 0.6 is 0 Å². The van der Waals surface area contributed by atoms with Crippen molar-refractivity contribution in [1.29, 1.82) is 0 Å². The summed E-state index contributed by atoms with van der Waals surface area (Å²) >= 11 is 0. The van der Waals surface area contributed by atoms with Gasteiger partial charge in [-0.1, -0.05) is 31.2 Å². The van der Waals surface area contributed by atoms with Crippen LogP contribution in [0.2, 0.25) is 0 Å². The molecule has 5 aromatic rings. The number of nitrogens with zero attached hydrogens (tertiary/aromatic N) is 4. The van der Waals surface area contributed by atoms with Gasteiger partial charge in [-0.25, -0.2) is 0 Å². The molecule has 12 heteroatoms. The number of non-ortho nitro benzene ring substituents is 1. The molecule has 12 nitrogen and oxygen atoms in total. The molecule has 0 radical (unpaired) electrons. The molecule has 1 unspecified atom stereocenters. The molecule has 0 spiro atoms. The monoisotopic (exact) mass is 636 g/mol. The topological polar surface area (TPSA) is 163 Å². The summed E-state index contributed by atoms with van der Waals surface area (Å²) in [7, 11) is 3.42. The second kappa shape index (κ2) is 13.7. The van der Waals surface area contributed by atoms with Crippen LogP contribution in [-0.2, 0) is 23.2 Å². The predicted octanol–water partition coefficient (Wildman–Crippen LogP) is 5.93. The Morgan fingerprint density at radius 2 is 1.89 bits per heavy atom. The van der Waals surface area contributed by atoms with Crippen molar-refractivity contribution in [3.63, 3.8) is 0 Å². The minimum absolute atomic E-state index is 0.00329. The molecule has 1 amide bonds. The number of H-pyrrole nitrogens is 1. The van der Waals surface area contributed by atoms with E-state index in [1.807, 2.05) is 32.0 Å². The molecule has 5 rings (SSSR count). The van der Waals surface area contributed by atoms with E-state index in [-0.39, 0.29) is 36.0 Å². The number of carbonyl (C=O) groups is 2. The Kier molecular flexibility index (Phi) is 9.50. The summed E-state index contributed by atoms with van der Waals surface area (Å²) in [6.07, 6.45) is 3.75. The molecule has 0 aliphatic carbocycles. The highest BCUT2D eigenvalue weighted by Crippen LogP contribution is 2.32. The summed E-state index contributed by atoms with van der Waals surface area (Å²) in [5.74, 6) is -1.16. The van der Waals surface area contributed by atoms with Crippen LogP contribution in [0.4, 0.5) is 11.4 Å². The summed E-state index contributed by atoms with van der Waals surface area (Å²) in [5, 5.41) is 29.6. The number of nitro groups is 1. The number of rotatable bonds is 12. The van der Waals surface area contributed by atoms with Crippen molar-refractivity contribution in [2.24, 2.45) is 7.05 Å². The molecular weight excluding hydrogens is 600 g/mol. The first-order valence-electron chi connectivity index (χ1n) is 15.1. The average Bonchev–Trinajstić information content (AvgIpc) is 3.47. The number of hydrogen-bond acceptors (Lipinski definition) is 7. The number of aryl methyl sites for hydroxylation is 2. The number of aromatic nitrogens is 3. The summed E-state index contributed by atoms with van der Waals surface area (Å²) in [6.45, 7) is 3.98. The SMILES string of the molecule is Cc1cc(C(Nc2ccc3cc[nH]c(=O)c3c2)C(=O)N(C)Cc2cc([N+](=O)[O-])ccc2-c2ccnn2C)ccc1[C@@H](C)CCC(=O)O. The van der Waals surface area contributed by atoms with Gasteiger partial charge in [-0.2, -0.15) is 5.10 Å². The molecule has 47 heavy (non-hydrogen) atoms. The van der Waals surface area contributed by atoms with Crippen LogP contribution in [0.1, 0.15) is 54.0 Å². The lowest BCUT2D eigenvalue weighted by Crippen LogP contribution is -2.35. The van der Waals surface area contributed by atoms with Crippen molar-refractivity contribution in [3.8, 4) is 11.3 Å². The first-order chi connectivity index (χ1) is 22.4. The van der Waals surface area contributed by atoms with Crippen molar-refractivity contribution in [2.45, 2.75) is 45.2 Å². The highest BCUT2D eigenvalue weighted by Gasteiger charge is 2.27. The molecule has 2 atom stereocenters. The van der Waals surface area contributed by atoms with Gasteiger partial charge >= 0.3 is 5.97 Å². The molecule has 242 valence electrons. The Bertz CT molecular complexity index is 2030. The number of fused-ring (bicyclic) bond motifs is 1. The van der Waals surface area contributed by atoms with Crippen molar-refractivity contribution in [3.05, 3.63) is 122 Å². The molecule has 0 saturated carbocycles. The van der Waals surface area contributed by atoms with Gasteiger partial charge in [-0.15, -0.1) is 0 Å². The number of hydrogen-bond donors (Lipinski definition) is 3. The van der Waals surface area contributed by atoms with Crippen LogP contribution < -0.4 is 10.9 Å². The van der Waals surface area contributed by atoms with Gasteiger partial charge in [-0.3, -0.25) is 29.2 Å². The van der Waals surface area contributed by atoms with E-state index in [9.17, 15) is 24.5 Å². The molecule has 2 aromatic heterocycles. The number of carbonyl (C=O) groups excluding carboxylic acids is 1. The van der Waals surface area contributed by atoms with Crippen LogP contribution in [0, 0.1) is 17.0 Å². The van der Waals surface area contributed by atoms with Crippen molar-refractivity contribution >= 4 is 34.0 Å². The summed E-state index contributed by atoms with van der Waals surface area (Å²) < 4.78 is 1.67. The standard InChI is InChI=1S/C35H36N6O6/c1-21(5-12-32(42)43)28-10-7-24(17-22(28)2)33(38-26-8-6-23-13-15-36-34(44)30(23)19-26)35(45)39(3)20-25-18-27(41(46)47)9-11-29(25)31-14-16-37-40(31)4/h6-11,13-19,21,33,38H,5,12,20H2,1-4H3,(H,36,44)(H,42,43)/t21-,33?/m0/s1. The Labute approximate surface area is 270 Å². The first-order valence-corrected chi connectivity index (χ1v) is 15.1. The molecule has 2 heterocycles. The lowest BCUT2D eigenvalue weighted by molar-refractivity contribution is -0.384. The highest BCUT2D eigenvalue weighted by molar-refractivity contribution is 5.89. The van der Waals surface area contributed by atoms with Crippen molar-refractivity contribution < 1.29 is 19.6 Å². The van der Waals surface area contributed by atoms with E-state index < -0.39 is 16.9 Å². The number of benzene rings is 3. The third kappa shape index (κ3) is 7.22. The molecule has 0 saturated heterocycles. The number of nitrogens with one attached hydrogen (secondary N) is 2. The lowest BCUT2D eigenvalue weighted by Gasteiger charge is -2.27. The minimum atomic E-state index is -0.888. The fourth-order valence-corrected chi connectivity index (χ4v) is 5.92. The van der Waals surface area contributed by atoms with E-state index in [0.717, 1.165) is 22.2 Å². The van der Waals surface area contributed by atoms with Crippen LogP contribution in [0.15, 0.2) is 83.9 Å². The van der Waals surface area contributed by atoms with Gasteiger partial charge in [0.1, 0.15) is 6.04 Å². The minimum Gasteiger partial charge on any atom is -0.481 e.